The van der Waals surface area contributed by atoms with Gasteiger partial charge in [-0.2, -0.15) is 0 Å². The Morgan fingerprint density at radius 2 is 2.05 bits per heavy atom. The van der Waals surface area contributed by atoms with Crippen molar-refractivity contribution in [3.63, 3.8) is 0 Å². The maximum absolute atomic E-state index is 12.6. The van der Waals surface area contributed by atoms with E-state index in [0.29, 0.717) is 12.1 Å². The molecule has 0 atom stereocenters. The molecule has 0 aromatic carbocycles. The molecule has 0 saturated heterocycles. The normalized spacial score (nSPS) is 11.8. The first-order chi connectivity index (χ1) is 9.36. The summed E-state index contributed by atoms with van der Waals surface area (Å²) in [6, 6.07) is 0. The van der Waals surface area contributed by atoms with Crippen LogP contribution in [0.2, 0.25) is 0 Å². The first-order valence-corrected chi connectivity index (χ1v) is 8.81. The number of ether oxygens (including phenoxy) is 1. The Kier molecular flexibility index (Phi) is 6.16. The third-order valence-electron chi connectivity index (χ3n) is 3.03. The highest BCUT2D eigenvalue weighted by Crippen LogP contribution is 2.29. The van der Waals surface area contributed by atoms with Crippen molar-refractivity contribution in [3.05, 3.63) is 15.8 Å². The standard InChI is InChI=1S/C13H21NO4S2/c1-5-6-7-8-14(3)20(16,17)12-10(2)9-19-11(12)13(15)18-4/h9H,5-8H2,1-4H3. The van der Waals surface area contributed by atoms with E-state index in [-0.39, 0.29) is 9.77 Å². The molecule has 0 bridgehead atoms. The number of hydrogen-bond acceptors (Lipinski definition) is 5. The minimum absolute atomic E-state index is 0.0772. The molecule has 7 heteroatoms. The smallest absolute Gasteiger partial charge is 0.349 e. The van der Waals surface area contributed by atoms with E-state index in [2.05, 4.69) is 11.7 Å². The molecule has 0 saturated carbocycles. The van der Waals surface area contributed by atoms with Crippen molar-refractivity contribution in [3.8, 4) is 0 Å². The molecule has 0 aliphatic carbocycles. The van der Waals surface area contributed by atoms with Gasteiger partial charge in [0.2, 0.25) is 10.0 Å². The molecule has 114 valence electrons. The fourth-order valence-corrected chi connectivity index (χ4v) is 4.71. The zero-order chi connectivity index (χ0) is 15.3. The second-order valence-corrected chi connectivity index (χ2v) is 7.46. The van der Waals surface area contributed by atoms with E-state index in [1.165, 1.54) is 11.4 Å². The van der Waals surface area contributed by atoms with Crippen molar-refractivity contribution in [2.75, 3.05) is 20.7 Å². The van der Waals surface area contributed by atoms with Crippen molar-refractivity contribution in [1.29, 1.82) is 0 Å². The van der Waals surface area contributed by atoms with Gasteiger partial charge in [0.15, 0.2) is 0 Å². The molecule has 0 fully saturated rings. The molecule has 0 unspecified atom stereocenters. The first-order valence-electron chi connectivity index (χ1n) is 6.49. The summed E-state index contributed by atoms with van der Waals surface area (Å²) >= 11 is 1.10. The number of methoxy groups -OCH3 is 1. The molecular formula is C13H21NO4S2. The van der Waals surface area contributed by atoms with Gasteiger partial charge in [0.1, 0.15) is 9.77 Å². The fourth-order valence-electron chi connectivity index (χ4n) is 1.85. The molecule has 0 amide bonds. The van der Waals surface area contributed by atoms with Crippen LogP contribution in [0.1, 0.15) is 41.4 Å². The summed E-state index contributed by atoms with van der Waals surface area (Å²) in [6.45, 7) is 4.20. The highest BCUT2D eigenvalue weighted by atomic mass is 32.2. The van der Waals surface area contributed by atoms with Crippen LogP contribution in [0.4, 0.5) is 0 Å². The quantitative estimate of drug-likeness (QED) is 0.572. The number of carbonyl (C=O) groups excluding carboxylic acids is 1. The average Bonchev–Trinajstić information content (AvgIpc) is 2.80. The zero-order valence-corrected chi connectivity index (χ0v) is 13.9. The Morgan fingerprint density at radius 1 is 1.40 bits per heavy atom. The van der Waals surface area contributed by atoms with Crippen LogP contribution in [0.25, 0.3) is 0 Å². The molecule has 0 aliphatic heterocycles. The Morgan fingerprint density at radius 3 is 2.60 bits per heavy atom. The number of carbonyl (C=O) groups is 1. The lowest BCUT2D eigenvalue weighted by Crippen LogP contribution is -2.29. The van der Waals surface area contributed by atoms with Crippen LogP contribution >= 0.6 is 11.3 Å². The Labute approximate surface area is 124 Å². The number of aryl methyl sites for hydroxylation is 1. The topological polar surface area (TPSA) is 63.7 Å². The summed E-state index contributed by atoms with van der Waals surface area (Å²) in [5.74, 6) is -0.608. The molecule has 0 spiro atoms. The first kappa shape index (κ1) is 17.1. The summed E-state index contributed by atoms with van der Waals surface area (Å²) in [5, 5.41) is 1.67. The van der Waals surface area contributed by atoms with Gasteiger partial charge in [0, 0.05) is 13.6 Å². The van der Waals surface area contributed by atoms with E-state index in [9.17, 15) is 13.2 Å². The van der Waals surface area contributed by atoms with E-state index >= 15 is 0 Å². The second-order valence-electron chi connectivity index (χ2n) is 4.60. The van der Waals surface area contributed by atoms with Gasteiger partial charge in [0.05, 0.1) is 7.11 Å². The predicted octanol–water partition coefficient (Wildman–Crippen LogP) is 2.65. The Bertz CT molecular complexity index is 563. The third-order valence-corrected chi connectivity index (χ3v) is 6.29. The lowest BCUT2D eigenvalue weighted by atomic mass is 10.2. The van der Waals surface area contributed by atoms with E-state index in [4.69, 9.17) is 0 Å². The highest BCUT2D eigenvalue weighted by molar-refractivity contribution is 7.89. The minimum Gasteiger partial charge on any atom is -0.465 e. The van der Waals surface area contributed by atoms with Gasteiger partial charge >= 0.3 is 5.97 Å². The molecule has 1 heterocycles. The fraction of sp³-hybridized carbons (Fsp3) is 0.615. The van der Waals surface area contributed by atoms with Crippen LogP contribution in [-0.4, -0.2) is 39.4 Å². The van der Waals surface area contributed by atoms with Crippen molar-refractivity contribution in [2.24, 2.45) is 0 Å². The van der Waals surface area contributed by atoms with Crippen molar-refractivity contribution in [1.82, 2.24) is 4.31 Å². The van der Waals surface area contributed by atoms with Gasteiger partial charge in [0.25, 0.3) is 0 Å². The SMILES string of the molecule is CCCCCN(C)S(=O)(=O)c1c(C)csc1C(=O)OC. The number of nitrogens with zero attached hydrogens (tertiary/aromatic N) is 1. The lowest BCUT2D eigenvalue weighted by molar-refractivity contribution is 0.0602. The van der Waals surface area contributed by atoms with E-state index in [0.717, 1.165) is 30.6 Å². The largest absolute Gasteiger partial charge is 0.465 e. The number of unbranched alkanes of at least 4 members (excludes halogenated alkanes) is 2. The number of esters is 1. The monoisotopic (exact) mass is 319 g/mol. The summed E-state index contributed by atoms with van der Waals surface area (Å²) in [4.78, 5) is 11.9. The van der Waals surface area contributed by atoms with Crippen molar-refractivity contribution in [2.45, 2.75) is 38.0 Å². The van der Waals surface area contributed by atoms with Gasteiger partial charge in [-0.15, -0.1) is 11.3 Å². The van der Waals surface area contributed by atoms with Crippen LogP contribution < -0.4 is 0 Å². The highest BCUT2D eigenvalue weighted by Gasteiger charge is 2.30. The number of sulfonamides is 1. The van der Waals surface area contributed by atoms with Crippen molar-refractivity contribution >= 4 is 27.3 Å². The van der Waals surface area contributed by atoms with E-state index < -0.39 is 16.0 Å². The number of hydrogen-bond donors (Lipinski definition) is 0. The molecule has 0 aliphatic rings. The van der Waals surface area contributed by atoms with Crippen molar-refractivity contribution < 1.29 is 17.9 Å². The molecule has 1 rings (SSSR count). The van der Waals surface area contributed by atoms with Gasteiger partial charge in [-0.25, -0.2) is 17.5 Å². The van der Waals surface area contributed by atoms with E-state index in [1.54, 1.807) is 19.4 Å². The molecule has 1 aromatic heterocycles. The summed E-state index contributed by atoms with van der Waals surface area (Å²) < 4.78 is 31.1. The predicted molar refractivity (Wildman–Crippen MR) is 79.7 cm³/mol. The second kappa shape index (κ2) is 7.19. The molecule has 20 heavy (non-hydrogen) atoms. The molecule has 0 N–H and O–H groups in total. The lowest BCUT2D eigenvalue weighted by Gasteiger charge is -2.17. The van der Waals surface area contributed by atoms with Gasteiger partial charge in [-0.1, -0.05) is 19.8 Å². The van der Waals surface area contributed by atoms with Crippen LogP contribution in [-0.2, 0) is 14.8 Å². The Balaban J connectivity index is 3.09. The van der Waals surface area contributed by atoms with Crippen LogP contribution in [0.3, 0.4) is 0 Å². The molecule has 5 nitrogen and oxygen atoms in total. The Hall–Kier alpha value is -0.920. The summed E-state index contributed by atoms with van der Waals surface area (Å²) in [6.07, 6.45) is 2.81. The van der Waals surface area contributed by atoms with Gasteiger partial charge in [-0.3, -0.25) is 0 Å². The van der Waals surface area contributed by atoms with Gasteiger partial charge in [-0.05, 0) is 24.3 Å². The number of rotatable bonds is 7. The third kappa shape index (κ3) is 3.59. The molecule has 0 radical (unpaired) electrons. The molecular weight excluding hydrogens is 298 g/mol. The van der Waals surface area contributed by atoms with Crippen LogP contribution in [0.5, 0.6) is 0 Å². The average molecular weight is 319 g/mol. The number of thiophene rings is 1. The van der Waals surface area contributed by atoms with Crippen LogP contribution in [0.15, 0.2) is 10.3 Å². The summed E-state index contributed by atoms with van der Waals surface area (Å²) in [7, 11) is -0.856. The van der Waals surface area contributed by atoms with Gasteiger partial charge < -0.3 is 4.74 Å². The molecule has 1 aromatic rings. The zero-order valence-electron chi connectivity index (χ0n) is 12.3. The maximum atomic E-state index is 12.6. The minimum atomic E-state index is -3.65. The van der Waals surface area contributed by atoms with Crippen LogP contribution in [0, 0.1) is 6.92 Å². The van der Waals surface area contributed by atoms with E-state index in [1.807, 2.05) is 0 Å². The summed E-state index contributed by atoms with van der Waals surface area (Å²) in [5.41, 5.74) is 0.581. The maximum Gasteiger partial charge on any atom is 0.349 e.